The third-order valence-electron chi connectivity index (χ3n) is 3.32. The Bertz CT molecular complexity index is 321. The third-order valence-corrected chi connectivity index (χ3v) is 3.32. The lowest BCUT2D eigenvalue weighted by molar-refractivity contribution is 0.313. The second-order valence-corrected chi connectivity index (χ2v) is 4.77. The molecule has 2 rings (SSSR count). The Labute approximate surface area is 115 Å². The molecule has 18 heavy (non-hydrogen) atoms. The molecule has 1 aliphatic heterocycles. The van der Waals surface area contributed by atoms with Crippen LogP contribution in [0.5, 0.6) is 0 Å². The van der Waals surface area contributed by atoms with Crippen molar-refractivity contribution in [2.24, 2.45) is 5.92 Å². The van der Waals surface area contributed by atoms with Crippen molar-refractivity contribution in [1.29, 1.82) is 0 Å². The zero-order valence-corrected chi connectivity index (χ0v) is 11.5. The van der Waals surface area contributed by atoms with E-state index >= 15 is 0 Å². The van der Waals surface area contributed by atoms with E-state index in [1.54, 1.807) is 0 Å². The van der Waals surface area contributed by atoms with E-state index in [2.05, 4.69) is 40.5 Å². The zero-order chi connectivity index (χ0) is 11.9. The van der Waals surface area contributed by atoms with Crippen molar-refractivity contribution >= 4 is 12.4 Å². The van der Waals surface area contributed by atoms with Gasteiger partial charge < -0.3 is 5.32 Å². The molecule has 1 saturated heterocycles. The van der Waals surface area contributed by atoms with Gasteiger partial charge in [0, 0.05) is 19.6 Å². The number of halogens is 2. The maximum atomic E-state index is 12.0. The lowest BCUT2D eigenvalue weighted by atomic mass is 10.1. The maximum absolute atomic E-state index is 12.0. The van der Waals surface area contributed by atoms with Crippen LogP contribution in [0.1, 0.15) is 12.0 Å². The van der Waals surface area contributed by atoms with Gasteiger partial charge in [-0.2, -0.15) is 0 Å². The van der Waals surface area contributed by atoms with Crippen molar-refractivity contribution < 1.29 is 4.39 Å². The molecule has 4 heteroatoms. The van der Waals surface area contributed by atoms with E-state index in [1.807, 2.05) is 0 Å². The molecule has 2 nitrogen and oxygen atoms in total. The van der Waals surface area contributed by atoms with Crippen molar-refractivity contribution in [1.82, 2.24) is 10.2 Å². The molecule has 0 bridgehead atoms. The van der Waals surface area contributed by atoms with Gasteiger partial charge in [0.15, 0.2) is 0 Å². The van der Waals surface area contributed by atoms with Crippen LogP contribution in [0, 0.1) is 5.92 Å². The van der Waals surface area contributed by atoms with Gasteiger partial charge >= 0.3 is 0 Å². The highest BCUT2D eigenvalue weighted by Gasteiger charge is 2.21. The van der Waals surface area contributed by atoms with Crippen LogP contribution in [0.3, 0.4) is 0 Å². The zero-order valence-electron chi connectivity index (χ0n) is 10.6. The molecular weight excluding hydrogens is 251 g/mol. The summed E-state index contributed by atoms with van der Waals surface area (Å²) in [5.74, 6) is 0.685. The van der Waals surface area contributed by atoms with Crippen LogP contribution in [0.15, 0.2) is 30.3 Å². The fraction of sp³-hybridized carbons (Fsp3) is 0.571. The highest BCUT2D eigenvalue weighted by molar-refractivity contribution is 5.85. The summed E-state index contributed by atoms with van der Waals surface area (Å²) in [5.41, 5.74) is 1.38. The van der Waals surface area contributed by atoms with Gasteiger partial charge in [0.2, 0.25) is 0 Å². The lowest BCUT2D eigenvalue weighted by Crippen LogP contribution is -2.27. The van der Waals surface area contributed by atoms with Gasteiger partial charge in [0.1, 0.15) is 6.67 Å². The lowest BCUT2D eigenvalue weighted by Gasteiger charge is -2.16. The quantitative estimate of drug-likeness (QED) is 0.801. The number of hydrogen-bond acceptors (Lipinski definition) is 2. The Balaban J connectivity index is 0.00000162. The predicted molar refractivity (Wildman–Crippen MR) is 75.9 cm³/mol. The summed E-state index contributed by atoms with van der Waals surface area (Å²) in [6.45, 7) is 4.52. The summed E-state index contributed by atoms with van der Waals surface area (Å²) in [7, 11) is 0. The molecule has 1 atom stereocenters. The molecule has 0 radical (unpaired) electrons. The smallest absolute Gasteiger partial charge is 0.102 e. The number of alkyl halides is 1. The molecule has 1 heterocycles. The summed E-state index contributed by atoms with van der Waals surface area (Å²) in [6.07, 6.45) is 1.23. The van der Waals surface area contributed by atoms with Crippen LogP contribution >= 0.6 is 12.4 Å². The first-order chi connectivity index (χ1) is 8.38. The summed E-state index contributed by atoms with van der Waals surface area (Å²) < 4.78 is 12.0. The average molecular weight is 273 g/mol. The SMILES string of the molecule is Cl.FCCNCC1CCN(Cc2ccccc2)C1. The molecule has 0 aromatic heterocycles. The molecule has 1 aliphatic rings. The Morgan fingerprint density at radius 1 is 1.28 bits per heavy atom. The number of rotatable bonds is 6. The molecule has 0 aliphatic carbocycles. The Morgan fingerprint density at radius 2 is 2.06 bits per heavy atom. The Morgan fingerprint density at radius 3 is 2.78 bits per heavy atom. The summed E-state index contributed by atoms with van der Waals surface area (Å²) in [6, 6.07) is 10.6. The highest BCUT2D eigenvalue weighted by atomic mass is 35.5. The molecule has 1 unspecified atom stereocenters. The standard InChI is InChI=1S/C14H21FN2.ClH/c15-7-8-16-10-14-6-9-17(12-14)11-13-4-2-1-3-5-13;/h1-5,14,16H,6-12H2;1H. The first kappa shape index (κ1) is 15.4. The Kier molecular flexibility index (Phi) is 7.25. The van der Waals surface area contributed by atoms with Gasteiger partial charge in [-0.25, -0.2) is 4.39 Å². The van der Waals surface area contributed by atoms with Crippen molar-refractivity contribution in [3.05, 3.63) is 35.9 Å². The minimum absolute atomic E-state index is 0. The van der Waals surface area contributed by atoms with Gasteiger partial charge in [0.05, 0.1) is 0 Å². The fourth-order valence-corrected chi connectivity index (χ4v) is 2.44. The number of benzene rings is 1. The molecule has 102 valence electrons. The molecular formula is C14H22ClFN2. The monoisotopic (exact) mass is 272 g/mol. The highest BCUT2D eigenvalue weighted by Crippen LogP contribution is 2.17. The van der Waals surface area contributed by atoms with Crippen LogP contribution in [-0.2, 0) is 6.54 Å². The van der Waals surface area contributed by atoms with Crippen LogP contribution in [0.4, 0.5) is 4.39 Å². The van der Waals surface area contributed by atoms with Crippen LogP contribution in [0.25, 0.3) is 0 Å². The second-order valence-electron chi connectivity index (χ2n) is 4.77. The van der Waals surface area contributed by atoms with Crippen LogP contribution < -0.4 is 5.32 Å². The molecule has 1 aromatic carbocycles. The van der Waals surface area contributed by atoms with Gasteiger partial charge in [-0.1, -0.05) is 30.3 Å². The van der Waals surface area contributed by atoms with E-state index in [0.717, 1.165) is 26.2 Å². The van der Waals surface area contributed by atoms with Crippen molar-refractivity contribution in [2.75, 3.05) is 32.9 Å². The fourth-order valence-electron chi connectivity index (χ4n) is 2.44. The molecule has 1 aromatic rings. The average Bonchev–Trinajstić information content (AvgIpc) is 2.79. The largest absolute Gasteiger partial charge is 0.314 e. The summed E-state index contributed by atoms with van der Waals surface area (Å²) >= 11 is 0. The minimum atomic E-state index is -0.263. The number of nitrogens with one attached hydrogen (secondary N) is 1. The number of nitrogens with zero attached hydrogens (tertiary/aromatic N) is 1. The van der Waals surface area contributed by atoms with Crippen LogP contribution in [-0.4, -0.2) is 37.8 Å². The first-order valence-corrected chi connectivity index (χ1v) is 6.41. The minimum Gasteiger partial charge on any atom is -0.314 e. The van der Waals surface area contributed by atoms with Gasteiger partial charge in [-0.05, 0) is 31.0 Å². The molecule has 1 N–H and O–H groups in total. The van der Waals surface area contributed by atoms with Crippen molar-refractivity contribution in [3.63, 3.8) is 0 Å². The molecule has 1 fully saturated rings. The van der Waals surface area contributed by atoms with Gasteiger partial charge in [0.25, 0.3) is 0 Å². The van der Waals surface area contributed by atoms with E-state index in [4.69, 9.17) is 0 Å². The van der Waals surface area contributed by atoms with Crippen molar-refractivity contribution in [2.45, 2.75) is 13.0 Å². The Hall–Kier alpha value is -0.640. The number of likely N-dealkylation sites (tertiary alicyclic amines) is 1. The normalized spacial score (nSPS) is 19.7. The van der Waals surface area contributed by atoms with Gasteiger partial charge in [-0.15, -0.1) is 12.4 Å². The second kappa shape index (κ2) is 8.46. The van der Waals surface area contributed by atoms with Gasteiger partial charge in [-0.3, -0.25) is 4.90 Å². The predicted octanol–water partition coefficient (Wildman–Crippen LogP) is 2.49. The van der Waals surface area contributed by atoms with E-state index < -0.39 is 0 Å². The molecule has 0 spiro atoms. The number of hydrogen-bond donors (Lipinski definition) is 1. The molecule has 0 saturated carbocycles. The van der Waals surface area contributed by atoms with Crippen molar-refractivity contribution in [3.8, 4) is 0 Å². The van der Waals surface area contributed by atoms with E-state index in [0.29, 0.717) is 12.5 Å². The third kappa shape index (κ3) is 4.92. The van der Waals surface area contributed by atoms with E-state index in [-0.39, 0.29) is 19.1 Å². The summed E-state index contributed by atoms with van der Waals surface area (Å²) in [4.78, 5) is 2.48. The van der Waals surface area contributed by atoms with Crippen LogP contribution in [0.2, 0.25) is 0 Å². The topological polar surface area (TPSA) is 15.3 Å². The molecule has 0 amide bonds. The van der Waals surface area contributed by atoms with E-state index in [1.165, 1.54) is 12.0 Å². The summed E-state index contributed by atoms with van der Waals surface area (Å²) in [5, 5.41) is 3.16. The maximum Gasteiger partial charge on any atom is 0.102 e. The van der Waals surface area contributed by atoms with E-state index in [9.17, 15) is 4.39 Å². The first-order valence-electron chi connectivity index (χ1n) is 6.41.